The predicted molar refractivity (Wildman–Crippen MR) is 126 cm³/mol. The molecule has 1 aliphatic heterocycles. The van der Waals surface area contributed by atoms with E-state index in [0.29, 0.717) is 32.7 Å². The van der Waals surface area contributed by atoms with E-state index in [9.17, 15) is 9.59 Å². The first-order valence-electron chi connectivity index (χ1n) is 9.54. The zero-order chi connectivity index (χ0) is 23.3. The number of nitrogens with one attached hydrogen (secondary N) is 2. The van der Waals surface area contributed by atoms with Gasteiger partial charge in [0.05, 0.1) is 23.2 Å². The fourth-order valence-electron chi connectivity index (χ4n) is 3.03. The van der Waals surface area contributed by atoms with E-state index < -0.39 is 18.0 Å². The van der Waals surface area contributed by atoms with Crippen LogP contribution in [0.25, 0.3) is 6.08 Å². The molecule has 0 saturated heterocycles. The number of nitrogens with zero attached hydrogens (tertiary/aromatic N) is 1. The SMILES string of the molecule is CCOC(=O)C1=C(C)NC(=S)NC1c1ccc(OC(=O)/C=C/c2ccnc(Cl)c2)c(Cl)c1. The third-order valence-electron chi connectivity index (χ3n) is 4.43. The van der Waals surface area contributed by atoms with E-state index in [4.69, 9.17) is 44.9 Å². The summed E-state index contributed by atoms with van der Waals surface area (Å²) >= 11 is 17.4. The van der Waals surface area contributed by atoms with Gasteiger partial charge < -0.3 is 20.1 Å². The van der Waals surface area contributed by atoms with Gasteiger partial charge in [-0.25, -0.2) is 14.6 Å². The number of esters is 2. The highest BCUT2D eigenvalue weighted by molar-refractivity contribution is 7.80. The van der Waals surface area contributed by atoms with Crippen molar-refractivity contribution in [3.05, 3.63) is 75.2 Å². The number of carbonyl (C=O) groups excluding carboxylic acids is 2. The van der Waals surface area contributed by atoms with Gasteiger partial charge in [0.2, 0.25) is 0 Å². The standard InChI is InChI=1S/C22H19Cl2N3O4S/c1-3-30-21(29)19-12(2)26-22(32)27-20(19)14-5-6-16(15(23)11-14)31-18(28)7-4-13-8-9-25-17(24)10-13/h4-11,20H,3H2,1-2H3,(H2,26,27,32)/b7-4+. The Morgan fingerprint density at radius 1 is 1.25 bits per heavy atom. The van der Waals surface area contributed by atoms with E-state index in [1.165, 1.54) is 12.3 Å². The largest absolute Gasteiger partial charge is 0.463 e. The fraction of sp³-hybridized carbons (Fsp3) is 0.182. The van der Waals surface area contributed by atoms with Crippen molar-refractivity contribution in [3.8, 4) is 5.75 Å². The Morgan fingerprint density at radius 3 is 2.72 bits per heavy atom. The molecule has 10 heteroatoms. The number of aromatic nitrogens is 1. The zero-order valence-electron chi connectivity index (χ0n) is 17.1. The van der Waals surface area contributed by atoms with E-state index in [0.717, 1.165) is 0 Å². The molecule has 2 N–H and O–H groups in total. The van der Waals surface area contributed by atoms with Gasteiger partial charge in [0, 0.05) is 18.0 Å². The highest BCUT2D eigenvalue weighted by atomic mass is 35.5. The second-order valence-electron chi connectivity index (χ2n) is 6.65. The molecule has 0 amide bonds. The van der Waals surface area contributed by atoms with Crippen LogP contribution in [0.3, 0.4) is 0 Å². The molecule has 2 aromatic rings. The van der Waals surface area contributed by atoms with E-state index in [-0.39, 0.29) is 17.4 Å². The molecule has 2 heterocycles. The smallest absolute Gasteiger partial charge is 0.338 e. The highest BCUT2D eigenvalue weighted by Crippen LogP contribution is 2.33. The fourth-order valence-corrected chi connectivity index (χ4v) is 3.71. The van der Waals surface area contributed by atoms with Gasteiger partial charge in [-0.1, -0.05) is 29.3 Å². The van der Waals surface area contributed by atoms with Crippen molar-refractivity contribution in [2.45, 2.75) is 19.9 Å². The lowest BCUT2D eigenvalue weighted by Gasteiger charge is -2.30. The van der Waals surface area contributed by atoms with Gasteiger partial charge in [-0.2, -0.15) is 0 Å². The van der Waals surface area contributed by atoms with Crippen molar-refractivity contribution in [1.82, 2.24) is 15.6 Å². The molecular weight excluding hydrogens is 473 g/mol. The molecule has 7 nitrogen and oxygen atoms in total. The molecule has 1 aliphatic rings. The van der Waals surface area contributed by atoms with Crippen LogP contribution in [-0.2, 0) is 14.3 Å². The lowest BCUT2D eigenvalue weighted by molar-refractivity contribution is -0.139. The lowest BCUT2D eigenvalue weighted by Crippen LogP contribution is -2.45. The van der Waals surface area contributed by atoms with Gasteiger partial charge in [0.15, 0.2) is 5.11 Å². The molecule has 0 bridgehead atoms. The molecule has 1 atom stereocenters. The summed E-state index contributed by atoms with van der Waals surface area (Å²) in [5.41, 5.74) is 2.33. The molecule has 1 aromatic heterocycles. The molecule has 32 heavy (non-hydrogen) atoms. The number of benzene rings is 1. The Bertz CT molecular complexity index is 1130. The quantitative estimate of drug-likeness (QED) is 0.202. The molecule has 0 saturated carbocycles. The summed E-state index contributed by atoms with van der Waals surface area (Å²) in [4.78, 5) is 28.5. The van der Waals surface area contributed by atoms with E-state index >= 15 is 0 Å². The Balaban J connectivity index is 1.79. The van der Waals surface area contributed by atoms with Crippen molar-refractivity contribution < 1.29 is 19.1 Å². The minimum Gasteiger partial charge on any atom is -0.463 e. The number of hydrogen-bond donors (Lipinski definition) is 2. The van der Waals surface area contributed by atoms with Gasteiger partial charge in [-0.3, -0.25) is 0 Å². The molecule has 0 aliphatic carbocycles. The van der Waals surface area contributed by atoms with Crippen molar-refractivity contribution in [2.75, 3.05) is 6.61 Å². The molecule has 166 valence electrons. The van der Waals surface area contributed by atoms with E-state index in [2.05, 4.69) is 15.6 Å². The van der Waals surface area contributed by atoms with Crippen LogP contribution in [-0.4, -0.2) is 28.6 Å². The maximum absolute atomic E-state index is 12.5. The van der Waals surface area contributed by atoms with Gasteiger partial charge in [-0.05, 0) is 67.5 Å². The number of allylic oxidation sites excluding steroid dienone is 1. The normalized spacial score (nSPS) is 15.9. The summed E-state index contributed by atoms with van der Waals surface area (Å²) in [7, 11) is 0. The topological polar surface area (TPSA) is 89.5 Å². The maximum atomic E-state index is 12.5. The van der Waals surface area contributed by atoms with Crippen LogP contribution in [0.5, 0.6) is 5.75 Å². The van der Waals surface area contributed by atoms with Crippen LogP contribution in [0.15, 0.2) is 53.9 Å². The molecule has 3 rings (SSSR count). The summed E-state index contributed by atoms with van der Waals surface area (Å²) in [5.74, 6) is -0.907. The number of carbonyl (C=O) groups is 2. The van der Waals surface area contributed by atoms with Crippen LogP contribution in [0.1, 0.15) is 31.0 Å². The Morgan fingerprint density at radius 2 is 2.03 bits per heavy atom. The van der Waals surface area contributed by atoms with Crippen molar-refractivity contribution in [3.63, 3.8) is 0 Å². The van der Waals surface area contributed by atoms with Crippen LogP contribution in [0, 0.1) is 0 Å². The molecule has 0 fully saturated rings. The zero-order valence-corrected chi connectivity index (χ0v) is 19.5. The average Bonchev–Trinajstić information content (AvgIpc) is 2.73. The third kappa shape index (κ3) is 5.85. The molecule has 0 radical (unpaired) electrons. The number of pyridine rings is 1. The van der Waals surface area contributed by atoms with E-state index in [1.807, 2.05) is 0 Å². The Labute approximate surface area is 200 Å². The average molecular weight is 492 g/mol. The number of halogens is 2. The van der Waals surface area contributed by atoms with Gasteiger partial charge in [0.25, 0.3) is 0 Å². The molecule has 0 spiro atoms. The number of ether oxygens (including phenoxy) is 2. The summed E-state index contributed by atoms with van der Waals surface area (Å²) in [5, 5.41) is 6.86. The lowest BCUT2D eigenvalue weighted by atomic mass is 9.95. The van der Waals surface area contributed by atoms with Crippen LogP contribution in [0.2, 0.25) is 10.2 Å². The second-order valence-corrected chi connectivity index (χ2v) is 7.85. The maximum Gasteiger partial charge on any atom is 0.338 e. The Kier molecular flexibility index (Phi) is 7.84. The summed E-state index contributed by atoms with van der Waals surface area (Å²) in [6.07, 6.45) is 4.34. The second kappa shape index (κ2) is 10.6. The first kappa shape index (κ1) is 23.7. The van der Waals surface area contributed by atoms with Crippen LogP contribution >= 0.6 is 35.4 Å². The molecule has 1 unspecified atom stereocenters. The summed E-state index contributed by atoms with van der Waals surface area (Å²) in [6.45, 7) is 3.71. The Hall–Kier alpha value is -2.94. The molecule has 1 aromatic carbocycles. The van der Waals surface area contributed by atoms with Gasteiger partial charge in [-0.15, -0.1) is 0 Å². The summed E-state index contributed by atoms with van der Waals surface area (Å²) < 4.78 is 10.5. The van der Waals surface area contributed by atoms with Gasteiger partial charge in [0.1, 0.15) is 10.9 Å². The first-order valence-corrected chi connectivity index (χ1v) is 10.7. The molecular formula is C22H19Cl2N3O4S. The number of rotatable bonds is 6. The van der Waals surface area contributed by atoms with Gasteiger partial charge >= 0.3 is 11.9 Å². The monoisotopic (exact) mass is 491 g/mol. The summed E-state index contributed by atoms with van der Waals surface area (Å²) in [6, 6.07) is 7.59. The predicted octanol–water partition coefficient (Wildman–Crippen LogP) is 4.36. The van der Waals surface area contributed by atoms with Crippen molar-refractivity contribution in [1.29, 1.82) is 0 Å². The number of hydrogen-bond acceptors (Lipinski definition) is 6. The minimum absolute atomic E-state index is 0.174. The number of thiocarbonyl (C=S) groups is 1. The highest BCUT2D eigenvalue weighted by Gasteiger charge is 2.31. The first-order chi connectivity index (χ1) is 15.3. The van der Waals surface area contributed by atoms with Crippen LogP contribution < -0.4 is 15.4 Å². The van der Waals surface area contributed by atoms with E-state index in [1.54, 1.807) is 50.3 Å². The van der Waals surface area contributed by atoms with Crippen molar-refractivity contribution >= 4 is 58.5 Å². The van der Waals surface area contributed by atoms with Crippen LogP contribution in [0.4, 0.5) is 0 Å². The van der Waals surface area contributed by atoms with Crippen molar-refractivity contribution in [2.24, 2.45) is 0 Å². The minimum atomic E-state index is -0.614. The third-order valence-corrected chi connectivity index (χ3v) is 5.15.